The summed E-state index contributed by atoms with van der Waals surface area (Å²) in [7, 11) is -4.08. The smallest absolute Gasteiger partial charge is 0.264 e. The average Bonchev–Trinajstić information content (AvgIpc) is 2.38. The van der Waals surface area contributed by atoms with E-state index in [-0.39, 0.29) is 20.7 Å². The molecular weight excluding hydrogens is 366 g/mol. The van der Waals surface area contributed by atoms with Gasteiger partial charge in [0, 0.05) is 0 Å². The normalized spacial score (nSPS) is 11.4. The molecule has 8 heteroatoms. The van der Waals surface area contributed by atoms with Crippen LogP contribution >= 0.6 is 15.9 Å². The van der Waals surface area contributed by atoms with Gasteiger partial charge in [-0.05, 0) is 58.7 Å². The molecule has 0 heterocycles. The molecule has 0 atom stereocenters. The molecule has 0 bridgehead atoms. The number of aryl methyl sites for hydroxylation is 1. The van der Waals surface area contributed by atoms with Crippen LogP contribution < -0.4 is 10.5 Å². The summed E-state index contributed by atoms with van der Waals surface area (Å²) in [6.45, 7) is 1.54. The molecule has 0 amide bonds. The molecule has 21 heavy (non-hydrogen) atoms. The van der Waals surface area contributed by atoms with Gasteiger partial charge in [-0.3, -0.25) is 4.72 Å². The Bertz CT molecular complexity index is 810. The maximum atomic E-state index is 13.3. The summed E-state index contributed by atoms with van der Waals surface area (Å²) in [6, 6.07) is 5.52. The van der Waals surface area contributed by atoms with Crippen molar-refractivity contribution in [2.45, 2.75) is 11.8 Å². The van der Waals surface area contributed by atoms with Crippen LogP contribution in [0.2, 0.25) is 0 Å². The molecule has 0 aliphatic carbocycles. The Labute approximate surface area is 129 Å². The van der Waals surface area contributed by atoms with E-state index in [1.807, 2.05) is 0 Å². The Kier molecular flexibility index (Phi) is 4.20. The van der Waals surface area contributed by atoms with Crippen LogP contribution in [-0.2, 0) is 10.0 Å². The monoisotopic (exact) mass is 376 g/mol. The van der Waals surface area contributed by atoms with Crippen LogP contribution in [0, 0.1) is 18.6 Å². The quantitative estimate of drug-likeness (QED) is 0.806. The molecule has 112 valence electrons. The summed E-state index contributed by atoms with van der Waals surface area (Å²) in [5.41, 5.74) is 6.04. The van der Waals surface area contributed by atoms with Gasteiger partial charge in [0.15, 0.2) is 0 Å². The van der Waals surface area contributed by atoms with Crippen molar-refractivity contribution in [2.75, 3.05) is 10.5 Å². The van der Waals surface area contributed by atoms with Crippen LogP contribution in [-0.4, -0.2) is 8.42 Å². The van der Waals surface area contributed by atoms with Crippen molar-refractivity contribution in [2.24, 2.45) is 0 Å². The van der Waals surface area contributed by atoms with Crippen molar-refractivity contribution in [3.05, 3.63) is 52.0 Å². The molecule has 3 N–H and O–H groups in total. The Morgan fingerprint density at radius 2 is 1.86 bits per heavy atom. The van der Waals surface area contributed by atoms with E-state index in [0.717, 1.165) is 18.2 Å². The minimum atomic E-state index is -4.08. The van der Waals surface area contributed by atoms with E-state index in [2.05, 4.69) is 20.7 Å². The van der Waals surface area contributed by atoms with E-state index in [0.29, 0.717) is 5.56 Å². The molecule has 0 aliphatic rings. The van der Waals surface area contributed by atoms with Gasteiger partial charge in [-0.1, -0.05) is 0 Å². The number of halogens is 3. The maximum Gasteiger partial charge on any atom is 0.264 e. The Morgan fingerprint density at radius 3 is 2.52 bits per heavy atom. The third-order valence-corrected chi connectivity index (χ3v) is 4.81. The second-order valence-corrected chi connectivity index (χ2v) is 6.87. The SMILES string of the molecule is Cc1cc(F)c(Br)cc1NS(=O)(=O)c1cc(F)ccc1N. The molecular formula is C13H11BrF2N2O2S. The molecule has 0 saturated carbocycles. The van der Waals surface area contributed by atoms with Gasteiger partial charge in [-0.15, -0.1) is 0 Å². The van der Waals surface area contributed by atoms with Crippen LogP contribution in [0.4, 0.5) is 20.2 Å². The highest BCUT2D eigenvalue weighted by Crippen LogP contribution is 2.28. The van der Waals surface area contributed by atoms with E-state index < -0.39 is 21.7 Å². The van der Waals surface area contributed by atoms with Crippen molar-refractivity contribution in [3.63, 3.8) is 0 Å². The second kappa shape index (κ2) is 5.61. The lowest BCUT2D eigenvalue weighted by Gasteiger charge is -2.13. The lowest BCUT2D eigenvalue weighted by Crippen LogP contribution is -2.16. The van der Waals surface area contributed by atoms with Crippen LogP contribution in [0.3, 0.4) is 0 Å². The minimum Gasteiger partial charge on any atom is -0.398 e. The highest BCUT2D eigenvalue weighted by molar-refractivity contribution is 9.10. The van der Waals surface area contributed by atoms with Gasteiger partial charge in [0.1, 0.15) is 16.5 Å². The molecule has 0 fully saturated rings. The zero-order valence-electron chi connectivity index (χ0n) is 10.8. The van der Waals surface area contributed by atoms with Crippen molar-refractivity contribution in [1.82, 2.24) is 0 Å². The number of nitrogens with one attached hydrogen (secondary N) is 1. The van der Waals surface area contributed by atoms with Gasteiger partial charge in [0.2, 0.25) is 0 Å². The predicted octanol–water partition coefficient (Wildman–Crippen LogP) is 3.42. The topological polar surface area (TPSA) is 72.2 Å². The van der Waals surface area contributed by atoms with Crippen LogP contribution in [0.1, 0.15) is 5.56 Å². The highest BCUT2D eigenvalue weighted by atomic mass is 79.9. The highest BCUT2D eigenvalue weighted by Gasteiger charge is 2.20. The first-order chi connectivity index (χ1) is 9.70. The zero-order valence-corrected chi connectivity index (χ0v) is 13.2. The van der Waals surface area contributed by atoms with E-state index in [1.54, 1.807) is 6.92 Å². The summed E-state index contributed by atoms with van der Waals surface area (Å²) >= 11 is 2.98. The van der Waals surface area contributed by atoms with Crippen LogP contribution in [0.15, 0.2) is 39.7 Å². The molecule has 0 radical (unpaired) electrons. The third kappa shape index (κ3) is 3.33. The van der Waals surface area contributed by atoms with Crippen molar-refractivity contribution < 1.29 is 17.2 Å². The van der Waals surface area contributed by atoms with Gasteiger partial charge in [-0.2, -0.15) is 0 Å². The lowest BCUT2D eigenvalue weighted by atomic mass is 10.2. The van der Waals surface area contributed by atoms with Gasteiger partial charge >= 0.3 is 0 Å². The summed E-state index contributed by atoms with van der Waals surface area (Å²) in [4.78, 5) is -0.373. The average molecular weight is 377 g/mol. The van der Waals surface area contributed by atoms with Gasteiger partial charge in [0.25, 0.3) is 10.0 Å². The van der Waals surface area contributed by atoms with E-state index in [9.17, 15) is 17.2 Å². The molecule has 0 aliphatic heterocycles. The predicted molar refractivity (Wildman–Crippen MR) is 80.5 cm³/mol. The third-order valence-electron chi connectivity index (χ3n) is 2.78. The maximum absolute atomic E-state index is 13.3. The lowest BCUT2D eigenvalue weighted by molar-refractivity contribution is 0.595. The Hall–Kier alpha value is -1.67. The summed E-state index contributed by atoms with van der Waals surface area (Å²) in [5.74, 6) is -1.23. The Balaban J connectivity index is 2.47. The number of benzene rings is 2. The summed E-state index contributed by atoms with van der Waals surface area (Å²) in [5, 5.41) is 0. The van der Waals surface area contributed by atoms with E-state index in [4.69, 9.17) is 5.73 Å². The largest absolute Gasteiger partial charge is 0.398 e. The van der Waals surface area contributed by atoms with Crippen LogP contribution in [0.5, 0.6) is 0 Å². The number of anilines is 2. The number of rotatable bonds is 3. The number of nitrogen functional groups attached to an aromatic ring is 1. The first-order valence-electron chi connectivity index (χ1n) is 5.74. The minimum absolute atomic E-state index is 0.0808. The second-order valence-electron chi connectivity index (χ2n) is 4.37. The van der Waals surface area contributed by atoms with Crippen molar-refractivity contribution in [1.29, 1.82) is 0 Å². The number of hydrogen-bond donors (Lipinski definition) is 2. The fraction of sp³-hybridized carbons (Fsp3) is 0.0769. The summed E-state index contributed by atoms with van der Waals surface area (Å²) < 4.78 is 53.4. The van der Waals surface area contributed by atoms with E-state index in [1.165, 1.54) is 12.1 Å². The molecule has 0 saturated heterocycles. The van der Waals surface area contributed by atoms with Crippen molar-refractivity contribution in [3.8, 4) is 0 Å². The molecule has 0 aromatic heterocycles. The molecule has 0 unspecified atom stereocenters. The van der Waals surface area contributed by atoms with E-state index >= 15 is 0 Å². The fourth-order valence-corrected chi connectivity index (χ4v) is 3.31. The number of hydrogen-bond acceptors (Lipinski definition) is 3. The van der Waals surface area contributed by atoms with Crippen LogP contribution in [0.25, 0.3) is 0 Å². The Morgan fingerprint density at radius 1 is 1.19 bits per heavy atom. The number of nitrogens with two attached hydrogens (primary N) is 1. The first-order valence-corrected chi connectivity index (χ1v) is 8.02. The zero-order chi connectivity index (χ0) is 15.8. The standard InChI is InChI=1S/C13H11BrF2N2O2S/c1-7-4-10(16)9(14)6-12(7)18-21(19,20)13-5-8(15)2-3-11(13)17/h2-6,18H,17H2,1H3. The van der Waals surface area contributed by atoms with Crippen molar-refractivity contribution >= 4 is 37.3 Å². The fourth-order valence-electron chi connectivity index (χ4n) is 1.70. The van der Waals surface area contributed by atoms with Gasteiger partial charge in [0.05, 0.1) is 15.8 Å². The first kappa shape index (κ1) is 15.7. The molecule has 4 nitrogen and oxygen atoms in total. The summed E-state index contributed by atoms with van der Waals surface area (Å²) in [6.07, 6.45) is 0. The number of sulfonamides is 1. The van der Waals surface area contributed by atoms with Gasteiger partial charge < -0.3 is 5.73 Å². The van der Waals surface area contributed by atoms with Gasteiger partial charge in [-0.25, -0.2) is 17.2 Å². The molecule has 0 spiro atoms. The molecule has 2 aromatic rings. The molecule has 2 rings (SSSR count). The molecule has 2 aromatic carbocycles.